The van der Waals surface area contributed by atoms with Gasteiger partial charge in [-0.15, -0.1) is 12.4 Å². The molecule has 2 aromatic heterocycles. The topological polar surface area (TPSA) is 100 Å². The predicted molar refractivity (Wildman–Crippen MR) is 144 cm³/mol. The highest BCUT2D eigenvalue weighted by molar-refractivity contribution is 6.40. The van der Waals surface area contributed by atoms with Crippen LogP contribution in [0.3, 0.4) is 0 Å². The van der Waals surface area contributed by atoms with E-state index in [2.05, 4.69) is 20.6 Å². The number of amides is 2. The van der Waals surface area contributed by atoms with Crippen molar-refractivity contribution in [3.8, 4) is 0 Å². The molecule has 5 aromatic rings. The van der Waals surface area contributed by atoms with Crippen molar-refractivity contribution in [2.45, 2.75) is 19.9 Å². The Labute approximate surface area is 222 Å². The fourth-order valence-electron chi connectivity index (χ4n) is 4.00. The molecule has 2 heterocycles. The summed E-state index contributed by atoms with van der Waals surface area (Å²) in [4.78, 5) is 33.3. The second-order valence-corrected chi connectivity index (χ2v) is 8.84. The van der Waals surface area contributed by atoms with E-state index in [1.54, 1.807) is 37.3 Å². The van der Waals surface area contributed by atoms with Crippen molar-refractivity contribution in [2.24, 2.45) is 0 Å². The van der Waals surface area contributed by atoms with Crippen LogP contribution in [0.2, 0.25) is 10.0 Å². The number of hydrogen-bond acceptors (Lipinski definition) is 4. The van der Waals surface area contributed by atoms with E-state index in [-0.39, 0.29) is 46.9 Å². The Morgan fingerprint density at radius 1 is 1.00 bits per heavy atom. The van der Waals surface area contributed by atoms with E-state index < -0.39 is 5.91 Å². The lowest BCUT2D eigenvalue weighted by Gasteiger charge is -2.09. The van der Waals surface area contributed by atoms with Gasteiger partial charge in [0.25, 0.3) is 5.91 Å². The molecule has 3 aromatic carbocycles. The van der Waals surface area contributed by atoms with E-state index in [4.69, 9.17) is 27.6 Å². The number of rotatable bonds is 6. The molecule has 184 valence electrons. The van der Waals surface area contributed by atoms with Gasteiger partial charge in [0.2, 0.25) is 5.91 Å². The first-order chi connectivity index (χ1) is 16.9. The third-order valence-electron chi connectivity index (χ3n) is 5.69. The summed E-state index contributed by atoms with van der Waals surface area (Å²) in [6, 6.07) is 17.9. The summed E-state index contributed by atoms with van der Waals surface area (Å²) in [5.41, 5.74) is 3.62. The largest absolute Gasteiger partial charge is 0.459 e. The first kappa shape index (κ1) is 25.6. The fraction of sp³-hybridized carbons (Fsp3) is 0.115. The molecule has 0 unspecified atom stereocenters. The maximum Gasteiger partial charge on any atom is 0.258 e. The number of hydrogen-bond donors (Lipinski definition) is 3. The van der Waals surface area contributed by atoms with E-state index in [1.165, 1.54) is 0 Å². The van der Waals surface area contributed by atoms with Crippen LogP contribution in [-0.2, 0) is 17.8 Å². The predicted octanol–water partition coefficient (Wildman–Crippen LogP) is 6.46. The molecular formula is C26H21Cl3N4O3. The van der Waals surface area contributed by atoms with Crippen molar-refractivity contribution < 1.29 is 14.0 Å². The number of imidazole rings is 1. The van der Waals surface area contributed by atoms with Crippen molar-refractivity contribution >= 4 is 75.1 Å². The average Bonchev–Trinajstić information content (AvgIpc) is 3.39. The molecule has 0 radical (unpaired) electrons. The Hall–Kier alpha value is -3.52. The molecule has 0 saturated carbocycles. The summed E-state index contributed by atoms with van der Waals surface area (Å²) < 4.78 is 5.95. The number of carbonyl (C=O) groups excluding carboxylic acids is 2. The van der Waals surface area contributed by atoms with Crippen LogP contribution in [0.1, 0.15) is 27.5 Å². The molecule has 7 nitrogen and oxygen atoms in total. The number of para-hydroxylation sites is 3. The van der Waals surface area contributed by atoms with Crippen molar-refractivity contribution in [1.29, 1.82) is 0 Å². The molecule has 0 aliphatic heterocycles. The van der Waals surface area contributed by atoms with Gasteiger partial charge in [-0.3, -0.25) is 9.59 Å². The number of halogens is 3. The molecule has 0 saturated heterocycles. The van der Waals surface area contributed by atoms with Gasteiger partial charge in [0, 0.05) is 10.9 Å². The minimum atomic E-state index is -0.452. The zero-order chi connectivity index (χ0) is 24.5. The number of fused-ring (bicyclic) bond motifs is 2. The minimum absolute atomic E-state index is 0. The van der Waals surface area contributed by atoms with Gasteiger partial charge in [-0.25, -0.2) is 4.98 Å². The third-order valence-corrected chi connectivity index (χ3v) is 6.32. The normalized spacial score (nSPS) is 10.9. The van der Waals surface area contributed by atoms with E-state index in [0.29, 0.717) is 22.9 Å². The maximum absolute atomic E-state index is 12.9. The van der Waals surface area contributed by atoms with Gasteiger partial charge in [-0.1, -0.05) is 53.5 Å². The summed E-state index contributed by atoms with van der Waals surface area (Å²) in [6.45, 7) is 2.07. The van der Waals surface area contributed by atoms with Gasteiger partial charge < -0.3 is 20.0 Å². The van der Waals surface area contributed by atoms with Gasteiger partial charge in [0.05, 0.1) is 45.3 Å². The summed E-state index contributed by atoms with van der Waals surface area (Å²) in [6.07, 6.45) is 0.118. The SMILES string of the molecule is Cc1oc2c(NC(=O)c3c(Cl)cccc3Cl)cccc2c1CC(=O)NCc1nc2ccccc2[nH]1.Cl. The van der Waals surface area contributed by atoms with Crippen LogP contribution in [-0.4, -0.2) is 21.8 Å². The molecule has 5 rings (SSSR count). The minimum Gasteiger partial charge on any atom is -0.459 e. The number of aromatic amines is 1. The van der Waals surface area contributed by atoms with Gasteiger partial charge in [-0.05, 0) is 37.3 Å². The lowest BCUT2D eigenvalue weighted by atomic mass is 10.1. The van der Waals surface area contributed by atoms with E-state index >= 15 is 0 Å². The van der Waals surface area contributed by atoms with Crippen molar-refractivity contribution in [1.82, 2.24) is 15.3 Å². The van der Waals surface area contributed by atoms with Gasteiger partial charge >= 0.3 is 0 Å². The zero-order valence-corrected chi connectivity index (χ0v) is 21.4. The highest BCUT2D eigenvalue weighted by atomic mass is 35.5. The molecule has 0 aliphatic rings. The molecule has 0 aliphatic carbocycles. The van der Waals surface area contributed by atoms with Gasteiger partial charge in [-0.2, -0.15) is 0 Å². The monoisotopic (exact) mass is 542 g/mol. The molecule has 3 N–H and O–H groups in total. The summed E-state index contributed by atoms with van der Waals surface area (Å²) >= 11 is 12.3. The number of H-pyrrole nitrogens is 1. The number of carbonyl (C=O) groups is 2. The molecule has 0 bridgehead atoms. The van der Waals surface area contributed by atoms with Crippen LogP contribution in [0.15, 0.2) is 65.1 Å². The molecule has 0 atom stereocenters. The highest BCUT2D eigenvalue weighted by Gasteiger charge is 2.20. The Bertz CT molecular complexity index is 1540. The van der Waals surface area contributed by atoms with Crippen LogP contribution in [0.5, 0.6) is 0 Å². The van der Waals surface area contributed by atoms with Gasteiger partial charge in [0.1, 0.15) is 11.6 Å². The van der Waals surface area contributed by atoms with Crippen LogP contribution >= 0.6 is 35.6 Å². The number of aryl methyl sites for hydroxylation is 1. The molecule has 0 fully saturated rings. The molecular weight excluding hydrogens is 523 g/mol. The number of nitrogens with one attached hydrogen (secondary N) is 3. The molecule has 10 heteroatoms. The smallest absolute Gasteiger partial charge is 0.258 e. The number of benzene rings is 3. The Morgan fingerprint density at radius 2 is 1.72 bits per heavy atom. The van der Waals surface area contributed by atoms with Crippen molar-refractivity contribution in [3.05, 3.63) is 93.4 Å². The fourth-order valence-corrected chi connectivity index (χ4v) is 4.57. The van der Waals surface area contributed by atoms with Crippen LogP contribution in [0, 0.1) is 6.92 Å². The first-order valence-corrected chi connectivity index (χ1v) is 11.6. The highest BCUT2D eigenvalue weighted by Crippen LogP contribution is 2.33. The van der Waals surface area contributed by atoms with Gasteiger partial charge in [0.15, 0.2) is 5.58 Å². The van der Waals surface area contributed by atoms with Crippen LogP contribution in [0.25, 0.3) is 22.0 Å². The molecule has 0 spiro atoms. The van der Waals surface area contributed by atoms with E-state index in [0.717, 1.165) is 22.0 Å². The Morgan fingerprint density at radius 3 is 2.47 bits per heavy atom. The standard InChI is InChI=1S/C26H20Cl2N4O3.ClH/c1-14-16(12-23(33)29-13-22-30-19-9-2-3-10-20(19)31-22)15-6-4-11-21(25(15)35-14)32-26(34)24-17(27)7-5-8-18(24)28;/h2-11H,12-13H2,1H3,(H,29,33)(H,30,31)(H,32,34);1H. The first-order valence-electron chi connectivity index (χ1n) is 10.9. The molecule has 2 amide bonds. The number of aromatic nitrogens is 2. The second kappa shape index (κ2) is 10.6. The lowest BCUT2D eigenvalue weighted by Crippen LogP contribution is -2.25. The zero-order valence-electron chi connectivity index (χ0n) is 19.0. The number of furan rings is 1. The van der Waals surface area contributed by atoms with E-state index in [1.807, 2.05) is 30.3 Å². The Kier molecular flexibility index (Phi) is 7.54. The Balaban J connectivity index is 0.00000304. The summed E-state index contributed by atoms with van der Waals surface area (Å²) in [5.74, 6) is 0.647. The average molecular weight is 544 g/mol. The van der Waals surface area contributed by atoms with Crippen molar-refractivity contribution in [3.63, 3.8) is 0 Å². The summed E-state index contributed by atoms with van der Waals surface area (Å²) in [5, 5.41) is 6.96. The lowest BCUT2D eigenvalue weighted by molar-refractivity contribution is -0.120. The number of anilines is 1. The summed E-state index contributed by atoms with van der Waals surface area (Å²) in [7, 11) is 0. The third kappa shape index (κ3) is 5.04. The van der Waals surface area contributed by atoms with Crippen LogP contribution < -0.4 is 10.6 Å². The maximum atomic E-state index is 12.9. The second-order valence-electron chi connectivity index (χ2n) is 8.02. The van der Waals surface area contributed by atoms with Crippen LogP contribution in [0.4, 0.5) is 5.69 Å². The molecule has 36 heavy (non-hydrogen) atoms. The van der Waals surface area contributed by atoms with Crippen molar-refractivity contribution in [2.75, 3.05) is 5.32 Å². The quantitative estimate of drug-likeness (QED) is 0.229. The van der Waals surface area contributed by atoms with E-state index in [9.17, 15) is 9.59 Å². The number of nitrogens with zero attached hydrogens (tertiary/aromatic N) is 1.